The van der Waals surface area contributed by atoms with Gasteiger partial charge in [-0.1, -0.05) is 28.1 Å². The highest BCUT2D eigenvalue weighted by Gasteiger charge is 2.23. The van der Waals surface area contributed by atoms with E-state index in [1.165, 1.54) is 0 Å². The molecule has 0 atom stereocenters. The van der Waals surface area contributed by atoms with Crippen LogP contribution in [-0.2, 0) is 20.7 Å². The Bertz CT molecular complexity index is 740. The lowest BCUT2D eigenvalue weighted by atomic mass is 10.0. The molecule has 1 aliphatic rings. The molecule has 1 saturated heterocycles. The van der Waals surface area contributed by atoms with Crippen LogP contribution in [0.2, 0.25) is 0 Å². The van der Waals surface area contributed by atoms with Crippen LogP contribution in [-0.4, -0.2) is 54.1 Å². The van der Waals surface area contributed by atoms with Crippen LogP contribution in [0.1, 0.15) is 52.0 Å². The van der Waals surface area contributed by atoms with E-state index in [4.69, 9.17) is 4.74 Å². The van der Waals surface area contributed by atoms with Gasteiger partial charge in [0.05, 0.1) is 0 Å². The largest absolute Gasteiger partial charge is 0.444 e. The van der Waals surface area contributed by atoms with Gasteiger partial charge in [0, 0.05) is 43.0 Å². The van der Waals surface area contributed by atoms with E-state index in [-0.39, 0.29) is 30.8 Å². The second kappa shape index (κ2) is 11.3. The third-order valence-corrected chi connectivity index (χ3v) is 5.24. The highest BCUT2D eigenvalue weighted by atomic mass is 79.9. The van der Waals surface area contributed by atoms with Crippen LogP contribution in [0, 0.1) is 0 Å². The molecular formula is C22H32BrN3O4. The van der Waals surface area contributed by atoms with Crippen LogP contribution < -0.4 is 10.6 Å². The smallest absolute Gasteiger partial charge is 0.407 e. The molecule has 8 heteroatoms. The monoisotopic (exact) mass is 481 g/mol. The van der Waals surface area contributed by atoms with E-state index in [2.05, 4.69) is 26.6 Å². The van der Waals surface area contributed by atoms with Crippen molar-refractivity contribution in [1.29, 1.82) is 0 Å². The van der Waals surface area contributed by atoms with Crippen molar-refractivity contribution in [3.8, 4) is 0 Å². The normalized spacial score (nSPS) is 14.9. The van der Waals surface area contributed by atoms with Gasteiger partial charge >= 0.3 is 6.09 Å². The number of carbonyl (C=O) groups is 3. The summed E-state index contributed by atoms with van der Waals surface area (Å²) in [7, 11) is 0. The zero-order valence-corrected chi connectivity index (χ0v) is 19.6. The molecule has 1 aromatic carbocycles. The van der Waals surface area contributed by atoms with E-state index < -0.39 is 11.7 Å². The van der Waals surface area contributed by atoms with Crippen LogP contribution >= 0.6 is 15.9 Å². The Hall–Kier alpha value is -2.09. The maximum atomic E-state index is 12.5. The molecule has 0 bridgehead atoms. The summed E-state index contributed by atoms with van der Waals surface area (Å²) >= 11 is 3.45. The molecule has 1 aromatic rings. The molecule has 0 aromatic heterocycles. The average Bonchev–Trinajstić information content (AvgIpc) is 2.65. The van der Waals surface area contributed by atoms with E-state index in [9.17, 15) is 14.4 Å². The first-order chi connectivity index (χ1) is 14.1. The number of aryl methyl sites for hydroxylation is 1. The van der Waals surface area contributed by atoms with Gasteiger partial charge in [-0.3, -0.25) is 9.59 Å². The lowest BCUT2D eigenvalue weighted by Crippen LogP contribution is -2.47. The fourth-order valence-electron chi connectivity index (χ4n) is 3.27. The van der Waals surface area contributed by atoms with Crippen LogP contribution in [0.25, 0.3) is 0 Å². The first kappa shape index (κ1) is 24.2. The van der Waals surface area contributed by atoms with Crippen LogP contribution in [0.15, 0.2) is 28.7 Å². The van der Waals surface area contributed by atoms with Crippen molar-refractivity contribution in [2.45, 2.75) is 64.5 Å². The summed E-state index contributed by atoms with van der Waals surface area (Å²) in [4.78, 5) is 38.0. The van der Waals surface area contributed by atoms with E-state index >= 15 is 0 Å². The Balaban J connectivity index is 1.62. The number of amides is 3. The third-order valence-electron chi connectivity index (χ3n) is 4.75. The molecule has 2 rings (SSSR count). The number of piperidine rings is 1. The first-order valence-electron chi connectivity index (χ1n) is 10.4. The molecule has 30 heavy (non-hydrogen) atoms. The van der Waals surface area contributed by atoms with Crippen molar-refractivity contribution in [2.24, 2.45) is 0 Å². The van der Waals surface area contributed by atoms with Crippen LogP contribution in [0.3, 0.4) is 0 Å². The van der Waals surface area contributed by atoms with Crippen LogP contribution in [0.5, 0.6) is 0 Å². The van der Waals surface area contributed by atoms with Crippen molar-refractivity contribution in [3.05, 3.63) is 34.3 Å². The number of carbonyl (C=O) groups excluding carboxylic acids is 3. The highest BCUT2D eigenvalue weighted by Crippen LogP contribution is 2.16. The van der Waals surface area contributed by atoms with Gasteiger partial charge in [0.15, 0.2) is 0 Å². The number of halogens is 1. The molecule has 1 aliphatic heterocycles. The van der Waals surface area contributed by atoms with Gasteiger partial charge in [0.25, 0.3) is 0 Å². The Morgan fingerprint density at radius 1 is 1.17 bits per heavy atom. The lowest BCUT2D eigenvalue weighted by Gasteiger charge is -2.32. The zero-order chi connectivity index (χ0) is 22.1. The van der Waals surface area contributed by atoms with Crippen molar-refractivity contribution in [3.63, 3.8) is 0 Å². The molecule has 3 amide bonds. The Morgan fingerprint density at radius 3 is 2.50 bits per heavy atom. The van der Waals surface area contributed by atoms with E-state index in [0.29, 0.717) is 19.5 Å². The number of benzene rings is 1. The lowest BCUT2D eigenvalue weighted by molar-refractivity contribution is -0.132. The van der Waals surface area contributed by atoms with E-state index in [1.54, 1.807) is 20.8 Å². The second-order valence-electron chi connectivity index (χ2n) is 8.53. The second-order valence-corrected chi connectivity index (χ2v) is 9.45. The van der Waals surface area contributed by atoms with E-state index in [1.807, 2.05) is 29.2 Å². The van der Waals surface area contributed by atoms with Crippen molar-refractivity contribution in [2.75, 3.05) is 19.6 Å². The predicted octanol–water partition coefficient (Wildman–Crippen LogP) is 3.40. The van der Waals surface area contributed by atoms with Gasteiger partial charge in [0.2, 0.25) is 11.8 Å². The van der Waals surface area contributed by atoms with Crippen molar-refractivity contribution in [1.82, 2.24) is 15.5 Å². The number of nitrogens with one attached hydrogen (secondary N) is 2. The topological polar surface area (TPSA) is 87.7 Å². The molecular weight excluding hydrogens is 450 g/mol. The standard InChI is InChI=1S/C22H32BrN3O4/c1-22(2,3)30-21(29)24-12-9-19(27)25-18-10-13-26(14-11-18)20(28)8-7-16-5-4-6-17(23)15-16/h4-6,15,18H,7-14H2,1-3H3,(H,24,29)(H,25,27). The fraction of sp³-hybridized carbons (Fsp3) is 0.591. The zero-order valence-electron chi connectivity index (χ0n) is 18.0. The summed E-state index contributed by atoms with van der Waals surface area (Å²) in [5.41, 5.74) is 0.579. The molecule has 2 N–H and O–H groups in total. The maximum Gasteiger partial charge on any atom is 0.407 e. The maximum absolute atomic E-state index is 12.5. The molecule has 1 heterocycles. The Morgan fingerprint density at radius 2 is 1.87 bits per heavy atom. The minimum atomic E-state index is -0.560. The molecule has 166 valence electrons. The number of likely N-dealkylation sites (tertiary alicyclic amines) is 1. The van der Waals surface area contributed by atoms with Crippen molar-refractivity contribution < 1.29 is 19.1 Å². The Kier molecular flexibility index (Phi) is 9.14. The first-order valence-corrected chi connectivity index (χ1v) is 11.2. The predicted molar refractivity (Wildman–Crippen MR) is 119 cm³/mol. The Labute approximate surface area is 187 Å². The summed E-state index contributed by atoms with van der Waals surface area (Å²) in [6.45, 7) is 6.90. The molecule has 0 unspecified atom stereocenters. The summed E-state index contributed by atoms with van der Waals surface area (Å²) < 4.78 is 6.15. The number of alkyl carbamates (subject to hydrolysis) is 1. The van der Waals surface area contributed by atoms with Gasteiger partial charge in [-0.15, -0.1) is 0 Å². The molecule has 0 saturated carbocycles. The fourth-order valence-corrected chi connectivity index (χ4v) is 3.71. The molecule has 0 aliphatic carbocycles. The van der Waals surface area contributed by atoms with Gasteiger partial charge in [0.1, 0.15) is 5.60 Å². The SMILES string of the molecule is CC(C)(C)OC(=O)NCCC(=O)NC1CCN(C(=O)CCc2cccc(Br)c2)CC1. The number of hydrogen-bond acceptors (Lipinski definition) is 4. The third kappa shape index (κ3) is 9.15. The van der Waals surface area contributed by atoms with Gasteiger partial charge in [-0.05, 0) is 57.7 Å². The molecule has 7 nitrogen and oxygen atoms in total. The summed E-state index contributed by atoms with van der Waals surface area (Å²) in [6.07, 6.45) is 2.38. The summed E-state index contributed by atoms with van der Waals surface area (Å²) in [5, 5.41) is 5.57. The highest BCUT2D eigenvalue weighted by molar-refractivity contribution is 9.10. The summed E-state index contributed by atoms with van der Waals surface area (Å²) in [5.74, 6) is 0.0480. The van der Waals surface area contributed by atoms with Crippen LogP contribution in [0.4, 0.5) is 4.79 Å². The number of rotatable bonds is 7. The van der Waals surface area contributed by atoms with Crippen molar-refractivity contribution >= 4 is 33.8 Å². The number of nitrogens with zero attached hydrogens (tertiary/aromatic N) is 1. The van der Waals surface area contributed by atoms with E-state index in [0.717, 1.165) is 29.3 Å². The van der Waals surface area contributed by atoms with Gasteiger partial charge < -0.3 is 20.3 Å². The van der Waals surface area contributed by atoms with Gasteiger partial charge in [-0.25, -0.2) is 4.79 Å². The summed E-state index contributed by atoms with van der Waals surface area (Å²) in [6, 6.07) is 8.07. The average molecular weight is 482 g/mol. The molecule has 0 spiro atoms. The number of hydrogen-bond donors (Lipinski definition) is 2. The minimum Gasteiger partial charge on any atom is -0.444 e. The minimum absolute atomic E-state index is 0.0631. The molecule has 1 fully saturated rings. The quantitative estimate of drug-likeness (QED) is 0.624. The van der Waals surface area contributed by atoms with Gasteiger partial charge in [-0.2, -0.15) is 0 Å². The molecule has 0 radical (unpaired) electrons. The number of ether oxygens (including phenoxy) is 1.